The second kappa shape index (κ2) is 53.1. The van der Waals surface area contributed by atoms with Crippen LogP contribution >= 0.6 is 0 Å². The highest BCUT2D eigenvalue weighted by atomic mass is 16.3. The molecule has 14 nitrogen and oxygen atoms in total. The van der Waals surface area contributed by atoms with Gasteiger partial charge in [0.05, 0.1) is 0 Å². The fraction of sp³-hybridized carbons (Fsp3) is 0.932. The normalized spacial score (nSPS) is 13.3. The zero-order valence-electron chi connectivity index (χ0n) is 47.9. The molecule has 4 unspecified atom stereocenters. The summed E-state index contributed by atoms with van der Waals surface area (Å²) >= 11 is 0. The standard InChI is InChI=1S/C59H118N6O8/c1-5-9-13-17-21-25-30-36-42-60-56(70)52(66)48-64(49-53(67)57(71)61-43-37-31-26-22-18-14-10-6-2)46-40-34-29-35-41-47-65(50-54(68)58(72)62-44-38-32-27-23-19-15-11-7-3)51-55(69)59(73)63-45-39-33-28-24-20-16-12-8-4/h52-55,66-69H,5-51H2,1-4H3,(H,60,70)(H,61,71)(H,62,72)(H,63,73). The van der Waals surface area contributed by atoms with Crippen LogP contribution in [0.15, 0.2) is 0 Å². The van der Waals surface area contributed by atoms with Gasteiger partial charge in [-0.2, -0.15) is 0 Å². The molecule has 0 aromatic heterocycles. The summed E-state index contributed by atoms with van der Waals surface area (Å²) in [5.41, 5.74) is 0. The third kappa shape index (κ3) is 45.5. The first-order valence-corrected chi connectivity index (χ1v) is 30.8. The number of aliphatic hydroxyl groups is 4. The second-order valence-electron chi connectivity index (χ2n) is 21.4. The van der Waals surface area contributed by atoms with E-state index in [0.717, 1.165) is 109 Å². The van der Waals surface area contributed by atoms with E-state index in [-0.39, 0.29) is 26.2 Å². The first-order valence-electron chi connectivity index (χ1n) is 30.8. The Hall–Kier alpha value is -2.36. The highest BCUT2D eigenvalue weighted by Gasteiger charge is 2.25. The molecule has 0 heterocycles. The molecule has 0 radical (unpaired) electrons. The Kier molecular flexibility index (Phi) is 51.3. The van der Waals surface area contributed by atoms with Crippen LogP contribution in [0.2, 0.25) is 0 Å². The van der Waals surface area contributed by atoms with Gasteiger partial charge in [-0.25, -0.2) is 0 Å². The van der Waals surface area contributed by atoms with Gasteiger partial charge in [-0.15, -0.1) is 0 Å². The van der Waals surface area contributed by atoms with Crippen molar-refractivity contribution in [2.24, 2.45) is 0 Å². The van der Waals surface area contributed by atoms with Gasteiger partial charge in [-0.3, -0.25) is 29.0 Å². The molecular weight excluding hydrogens is 921 g/mol. The van der Waals surface area contributed by atoms with E-state index in [1.807, 2.05) is 9.80 Å². The first kappa shape index (κ1) is 70.6. The number of carbonyl (C=O) groups excluding carboxylic acids is 4. The molecular formula is C59H118N6O8. The van der Waals surface area contributed by atoms with E-state index in [0.29, 0.717) is 39.3 Å². The fourth-order valence-corrected chi connectivity index (χ4v) is 9.38. The number of nitrogens with one attached hydrogen (secondary N) is 4. The minimum absolute atomic E-state index is 0.00461. The Morgan fingerprint density at radius 2 is 0.438 bits per heavy atom. The molecule has 0 saturated heterocycles. The van der Waals surface area contributed by atoms with Gasteiger partial charge in [0.2, 0.25) is 23.6 Å². The van der Waals surface area contributed by atoms with E-state index in [1.165, 1.54) is 128 Å². The maximum Gasteiger partial charge on any atom is 0.250 e. The highest BCUT2D eigenvalue weighted by Crippen LogP contribution is 2.13. The summed E-state index contributed by atoms with van der Waals surface area (Å²) in [5.74, 6) is -1.77. The molecule has 73 heavy (non-hydrogen) atoms. The largest absolute Gasteiger partial charge is 0.382 e. The van der Waals surface area contributed by atoms with Gasteiger partial charge in [0.25, 0.3) is 0 Å². The molecule has 432 valence electrons. The lowest BCUT2D eigenvalue weighted by molar-refractivity contribution is -0.133. The molecule has 0 aliphatic carbocycles. The molecule has 0 aliphatic heterocycles. The van der Waals surface area contributed by atoms with Gasteiger partial charge in [-0.1, -0.05) is 227 Å². The summed E-state index contributed by atoms with van der Waals surface area (Å²) < 4.78 is 0. The summed E-state index contributed by atoms with van der Waals surface area (Å²) in [5, 5.41) is 55.3. The summed E-state index contributed by atoms with van der Waals surface area (Å²) in [6, 6.07) is 0. The van der Waals surface area contributed by atoms with E-state index in [1.54, 1.807) is 0 Å². The zero-order valence-corrected chi connectivity index (χ0v) is 47.9. The number of rotatable bonds is 56. The molecule has 0 bridgehead atoms. The predicted octanol–water partition coefficient (Wildman–Crippen LogP) is 10.0. The van der Waals surface area contributed by atoms with Crippen LogP contribution in [0.4, 0.5) is 0 Å². The predicted molar refractivity (Wildman–Crippen MR) is 302 cm³/mol. The molecule has 0 rings (SSSR count). The SMILES string of the molecule is CCCCCCCCCCNC(=O)C(O)CN(CCCCCCCN(CC(O)C(=O)NCCCCCCCCCC)CC(O)C(=O)NCCCCCCCCCC)CC(O)C(=O)NCCCCCCCCCC. The van der Waals surface area contributed by atoms with Crippen molar-refractivity contribution >= 4 is 23.6 Å². The van der Waals surface area contributed by atoms with E-state index >= 15 is 0 Å². The van der Waals surface area contributed by atoms with Crippen molar-refractivity contribution < 1.29 is 39.6 Å². The minimum Gasteiger partial charge on any atom is -0.382 e. The number of nitrogens with zero attached hydrogens (tertiary/aromatic N) is 2. The lowest BCUT2D eigenvalue weighted by Gasteiger charge is -2.27. The number of aliphatic hydroxyl groups excluding tert-OH is 4. The van der Waals surface area contributed by atoms with Crippen LogP contribution in [0.3, 0.4) is 0 Å². The van der Waals surface area contributed by atoms with Crippen LogP contribution < -0.4 is 21.3 Å². The summed E-state index contributed by atoms with van der Waals surface area (Å²) in [7, 11) is 0. The number of hydrogen-bond acceptors (Lipinski definition) is 10. The van der Waals surface area contributed by atoms with Crippen LogP contribution in [0, 0.1) is 0 Å². The van der Waals surface area contributed by atoms with Gasteiger partial charge >= 0.3 is 0 Å². The van der Waals surface area contributed by atoms with Crippen LogP contribution in [0.25, 0.3) is 0 Å². The third-order valence-electron chi connectivity index (χ3n) is 14.2. The smallest absolute Gasteiger partial charge is 0.250 e. The van der Waals surface area contributed by atoms with Crippen LogP contribution in [0.1, 0.15) is 265 Å². The van der Waals surface area contributed by atoms with Crippen LogP contribution in [-0.4, -0.2) is 144 Å². The van der Waals surface area contributed by atoms with Gasteiger partial charge in [-0.05, 0) is 51.6 Å². The molecule has 14 heteroatoms. The molecule has 8 N–H and O–H groups in total. The quantitative estimate of drug-likeness (QED) is 0.0271. The van der Waals surface area contributed by atoms with E-state index in [2.05, 4.69) is 49.0 Å². The third-order valence-corrected chi connectivity index (χ3v) is 14.2. The molecule has 0 aromatic carbocycles. The number of carbonyl (C=O) groups is 4. The first-order chi connectivity index (χ1) is 35.5. The monoisotopic (exact) mass is 1040 g/mol. The van der Waals surface area contributed by atoms with E-state index < -0.39 is 48.0 Å². The van der Waals surface area contributed by atoms with Crippen molar-refractivity contribution in [1.29, 1.82) is 0 Å². The van der Waals surface area contributed by atoms with E-state index in [4.69, 9.17) is 0 Å². The Morgan fingerprint density at radius 3 is 0.630 bits per heavy atom. The average molecular weight is 1040 g/mol. The van der Waals surface area contributed by atoms with Gasteiger partial charge in [0, 0.05) is 52.4 Å². The summed E-state index contributed by atoms with van der Waals surface area (Å²) in [6.07, 6.45) is 35.7. The van der Waals surface area contributed by atoms with Gasteiger partial charge in [0.15, 0.2) is 0 Å². The minimum atomic E-state index is -1.29. The maximum atomic E-state index is 12.9. The van der Waals surface area contributed by atoms with Crippen LogP contribution in [-0.2, 0) is 19.2 Å². The Bertz CT molecular complexity index is 1090. The number of amides is 4. The van der Waals surface area contributed by atoms with Crippen molar-refractivity contribution in [2.45, 2.75) is 290 Å². The Morgan fingerprint density at radius 1 is 0.274 bits per heavy atom. The molecule has 0 spiro atoms. The molecule has 0 saturated carbocycles. The highest BCUT2D eigenvalue weighted by molar-refractivity contribution is 5.82. The van der Waals surface area contributed by atoms with Crippen molar-refractivity contribution in [3.05, 3.63) is 0 Å². The number of hydrogen-bond donors (Lipinski definition) is 8. The molecule has 0 fully saturated rings. The Labute approximate surface area is 447 Å². The van der Waals surface area contributed by atoms with Gasteiger partial charge in [0.1, 0.15) is 24.4 Å². The Balaban J connectivity index is 5.28. The average Bonchev–Trinajstić information content (AvgIpc) is 3.38. The summed E-state index contributed by atoms with van der Waals surface area (Å²) in [4.78, 5) is 55.4. The van der Waals surface area contributed by atoms with Gasteiger partial charge < -0.3 is 41.7 Å². The van der Waals surface area contributed by atoms with Crippen LogP contribution in [0.5, 0.6) is 0 Å². The zero-order chi connectivity index (χ0) is 53.8. The molecule has 0 aliphatic rings. The van der Waals surface area contributed by atoms with E-state index in [9.17, 15) is 39.6 Å². The second-order valence-corrected chi connectivity index (χ2v) is 21.4. The lowest BCUT2D eigenvalue weighted by Crippen LogP contribution is -2.48. The summed E-state index contributed by atoms with van der Waals surface area (Å²) in [6.45, 7) is 11.8. The molecule has 4 atom stereocenters. The maximum absolute atomic E-state index is 12.9. The van der Waals surface area contributed by atoms with Crippen molar-refractivity contribution in [3.63, 3.8) is 0 Å². The lowest BCUT2D eigenvalue weighted by atomic mass is 10.1. The van der Waals surface area contributed by atoms with Crippen molar-refractivity contribution in [2.75, 3.05) is 65.4 Å². The topological polar surface area (TPSA) is 204 Å². The van der Waals surface area contributed by atoms with Crippen molar-refractivity contribution in [3.8, 4) is 0 Å². The molecule has 4 amide bonds. The molecule has 0 aromatic rings. The van der Waals surface area contributed by atoms with Crippen molar-refractivity contribution in [1.82, 2.24) is 31.1 Å². The number of unbranched alkanes of at least 4 members (excludes halogenated alkanes) is 32. The fourth-order valence-electron chi connectivity index (χ4n) is 9.38.